The van der Waals surface area contributed by atoms with Crippen LogP contribution in [0.5, 0.6) is 0 Å². The molecule has 166 valence electrons. The van der Waals surface area contributed by atoms with E-state index in [2.05, 4.69) is 34.5 Å². The number of likely N-dealkylation sites (N-methyl/N-ethyl adjacent to an activating group) is 1. The summed E-state index contributed by atoms with van der Waals surface area (Å²) in [5.74, 6) is -0.0232. The Bertz CT molecular complexity index is 892. The minimum Gasteiger partial charge on any atom is -0.339 e. The summed E-state index contributed by atoms with van der Waals surface area (Å²) < 4.78 is 0. The fourth-order valence-electron chi connectivity index (χ4n) is 3.86. The molecule has 1 aliphatic rings. The lowest BCUT2D eigenvalue weighted by Gasteiger charge is -2.37. The van der Waals surface area contributed by atoms with Crippen LogP contribution in [0.25, 0.3) is 0 Å². The minimum absolute atomic E-state index is 0.0846. The van der Waals surface area contributed by atoms with Crippen molar-refractivity contribution in [3.63, 3.8) is 0 Å². The Morgan fingerprint density at radius 3 is 2.35 bits per heavy atom. The van der Waals surface area contributed by atoms with Gasteiger partial charge in [-0.2, -0.15) is 0 Å². The van der Waals surface area contributed by atoms with E-state index in [1.165, 1.54) is 5.56 Å². The summed E-state index contributed by atoms with van der Waals surface area (Å²) in [5.41, 5.74) is 4.33. The lowest BCUT2D eigenvalue weighted by atomic mass is 10.1. The van der Waals surface area contributed by atoms with E-state index in [-0.39, 0.29) is 24.4 Å². The zero-order chi connectivity index (χ0) is 22.4. The van der Waals surface area contributed by atoms with Crippen LogP contribution in [0.2, 0.25) is 0 Å². The van der Waals surface area contributed by atoms with Gasteiger partial charge < -0.3 is 10.2 Å². The summed E-state index contributed by atoms with van der Waals surface area (Å²) in [6, 6.07) is 15.9. The molecule has 6 nitrogen and oxygen atoms in total. The fourth-order valence-corrected chi connectivity index (χ4v) is 3.86. The van der Waals surface area contributed by atoms with Gasteiger partial charge >= 0.3 is 0 Å². The van der Waals surface area contributed by atoms with Gasteiger partial charge in [-0.25, -0.2) is 0 Å². The molecule has 0 bridgehead atoms. The highest BCUT2D eigenvalue weighted by molar-refractivity contribution is 5.93. The second-order valence-corrected chi connectivity index (χ2v) is 8.47. The topological polar surface area (TPSA) is 55.9 Å². The highest BCUT2D eigenvalue weighted by Crippen LogP contribution is 2.18. The number of hydrogen-bond donors (Lipinski definition) is 1. The predicted molar refractivity (Wildman–Crippen MR) is 125 cm³/mol. The second kappa shape index (κ2) is 10.6. The Balaban J connectivity index is 1.47. The van der Waals surface area contributed by atoms with Crippen LogP contribution >= 0.6 is 0 Å². The van der Waals surface area contributed by atoms with Crippen LogP contribution in [-0.2, 0) is 16.1 Å². The number of rotatable bonds is 7. The van der Waals surface area contributed by atoms with E-state index in [1.54, 1.807) is 0 Å². The van der Waals surface area contributed by atoms with Crippen LogP contribution in [0.3, 0.4) is 0 Å². The molecule has 1 atom stereocenters. The number of nitrogens with zero attached hydrogens (tertiary/aromatic N) is 3. The van der Waals surface area contributed by atoms with Crippen molar-refractivity contribution < 1.29 is 9.59 Å². The third-order valence-electron chi connectivity index (χ3n) is 6.22. The lowest BCUT2D eigenvalue weighted by Crippen LogP contribution is -2.54. The van der Waals surface area contributed by atoms with Crippen LogP contribution in [0, 0.1) is 13.8 Å². The van der Waals surface area contributed by atoms with Gasteiger partial charge in [-0.15, -0.1) is 0 Å². The molecule has 31 heavy (non-hydrogen) atoms. The zero-order valence-corrected chi connectivity index (χ0v) is 19.1. The first kappa shape index (κ1) is 23.0. The molecule has 2 amide bonds. The van der Waals surface area contributed by atoms with E-state index in [0.29, 0.717) is 0 Å². The Labute approximate surface area is 185 Å². The third kappa shape index (κ3) is 6.15. The maximum Gasteiger partial charge on any atom is 0.239 e. The van der Waals surface area contributed by atoms with Crippen LogP contribution in [0.1, 0.15) is 23.6 Å². The number of piperazine rings is 1. The molecule has 0 aliphatic carbocycles. The van der Waals surface area contributed by atoms with Crippen molar-refractivity contribution in [2.24, 2.45) is 0 Å². The van der Waals surface area contributed by atoms with Gasteiger partial charge in [-0.3, -0.25) is 19.4 Å². The normalized spacial score (nSPS) is 15.7. The van der Waals surface area contributed by atoms with Crippen molar-refractivity contribution in [3.8, 4) is 0 Å². The standard InChI is InChI=1S/C25H34N4O2/c1-19-9-8-12-23(20(19)2)26-24(30)18-27(4)21(3)25(31)29-15-13-28(14-16-29)17-22-10-6-5-7-11-22/h5-12,21H,13-18H2,1-4H3,(H,26,30)/t21-/m0/s1. The number of amides is 2. The first-order valence-corrected chi connectivity index (χ1v) is 11.0. The van der Waals surface area contributed by atoms with Gasteiger partial charge in [0.1, 0.15) is 0 Å². The molecular weight excluding hydrogens is 388 g/mol. The summed E-state index contributed by atoms with van der Waals surface area (Å²) in [4.78, 5) is 31.6. The number of anilines is 1. The summed E-state index contributed by atoms with van der Waals surface area (Å²) in [6.07, 6.45) is 0. The summed E-state index contributed by atoms with van der Waals surface area (Å²) >= 11 is 0. The highest BCUT2D eigenvalue weighted by Gasteiger charge is 2.28. The van der Waals surface area contributed by atoms with Crippen molar-refractivity contribution in [1.82, 2.24) is 14.7 Å². The van der Waals surface area contributed by atoms with Crippen LogP contribution in [-0.4, -0.2) is 72.3 Å². The average molecular weight is 423 g/mol. The average Bonchev–Trinajstić information content (AvgIpc) is 2.77. The first-order chi connectivity index (χ1) is 14.8. The number of benzene rings is 2. The fraction of sp³-hybridized carbons (Fsp3) is 0.440. The van der Waals surface area contributed by atoms with Crippen molar-refractivity contribution in [1.29, 1.82) is 0 Å². The van der Waals surface area contributed by atoms with E-state index >= 15 is 0 Å². The molecule has 2 aromatic rings. The van der Waals surface area contributed by atoms with Gasteiger partial charge in [0, 0.05) is 38.4 Å². The van der Waals surface area contributed by atoms with Gasteiger partial charge in [-0.1, -0.05) is 42.5 Å². The zero-order valence-electron chi connectivity index (χ0n) is 19.1. The van der Waals surface area contributed by atoms with Gasteiger partial charge in [0.05, 0.1) is 12.6 Å². The largest absolute Gasteiger partial charge is 0.339 e. The van der Waals surface area contributed by atoms with Crippen molar-refractivity contribution in [2.75, 3.05) is 45.1 Å². The molecule has 0 aromatic heterocycles. The minimum atomic E-state index is -0.343. The molecule has 1 saturated heterocycles. The van der Waals surface area contributed by atoms with Crippen molar-refractivity contribution >= 4 is 17.5 Å². The molecule has 6 heteroatoms. The van der Waals surface area contributed by atoms with E-state index < -0.39 is 0 Å². The molecular formula is C25H34N4O2. The molecule has 1 aliphatic heterocycles. The van der Waals surface area contributed by atoms with Gasteiger partial charge in [0.15, 0.2) is 0 Å². The molecule has 3 rings (SSSR count). The number of hydrogen-bond acceptors (Lipinski definition) is 4. The van der Waals surface area contributed by atoms with E-state index in [4.69, 9.17) is 0 Å². The van der Waals surface area contributed by atoms with Gasteiger partial charge in [0.2, 0.25) is 11.8 Å². The molecule has 0 radical (unpaired) electrons. The van der Waals surface area contributed by atoms with Crippen LogP contribution in [0.15, 0.2) is 48.5 Å². The summed E-state index contributed by atoms with van der Waals surface area (Å²) in [7, 11) is 1.83. The van der Waals surface area contributed by atoms with Crippen LogP contribution < -0.4 is 5.32 Å². The molecule has 0 spiro atoms. The number of nitrogens with one attached hydrogen (secondary N) is 1. The third-order valence-corrected chi connectivity index (χ3v) is 6.22. The maximum atomic E-state index is 13.0. The Hall–Kier alpha value is -2.70. The smallest absolute Gasteiger partial charge is 0.239 e. The Morgan fingerprint density at radius 1 is 1.00 bits per heavy atom. The summed E-state index contributed by atoms with van der Waals surface area (Å²) in [5, 5.41) is 2.97. The van der Waals surface area contributed by atoms with Gasteiger partial charge in [-0.05, 0) is 50.6 Å². The molecule has 1 N–H and O–H groups in total. The first-order valence-electron chi connectivity index (χ1n) is 11.0. The Kier molecular flexibility index (Phi) is 7.82. The molecule has 0 unspecified atom stereocenters. The monoisotopic (exact) mass is 422 g/mol. The molecule has 1 heterocycles. The van der Waals surface area contributed by atoms with Crippen molar-refractivity contribution in [3.05, 3.63) is 65.2 Å². The molecule has 1 fully saturated rings. The van der Waals surface area contributed by atoms with Gasteiger partial charge in [0.25, 0.3) is 0 Å². The van der Waals surface area contributed by atoms with Crippen molar-refractivity contribution in [2.45, 2.75) is 33.4 Å². The Morgan fingerprint density at radius 2 is 1.68 bits per heavy atom. The SMILES string of the molecule is Cc1cccc(NC(=O)CN(C)[C@@H](C)C(=O)N2CCN(Cc3ccccc3)CC2)c1C. The highest BCUT2D eigenvalue weighted by atomic mass is 16.2. The molecule has 0 saturated carbocycles. The van der Waals surface area contributed by atoms with Crippen LogP contribution in [0.4, 0.5) is 5.69 Å². The number of aryl methyl sites for hydroxylation is 1. The lowest BCUT2D eigenvalue weighted by molar-refractivity contribution is -0.138. The number of carbonyl (C=O) groups is 2. The maximum absolute atomic E-state index is 13.0. The van der Waals surface area contributed by atoms with E-state index in [1.807, 2.05) is 61.9 Å². The second-order valence-electron chi connectivity index (χ2n) is 8.47. The summed E-state index contributed by atoms with van der Waals surface area (Å²) in [6.45, 7) is 10.2. The predicted octanol–water partition coefficient (Wildman–Crippen LogP) is 2.91. The van der Waals surface area contributed by atoms with E-state index in [9.17, 15) is 9.59 Å². The molecule has 2 aromatic carbocycles. The quantitative estimate of drug-likeness (QED) is 0.746. The number of carbonyl (C=O) groups excluding carboxylic acids is 2. The van der Waals surface area contributed by atoms with E-state index in [0.717, 1.165) is 49.5 Å².